The van der Waals surface area contributed by atoms with Crippen molar-refractivity contribution in [3.05, 3.63) is 164 Å². The zero-order chi connectivity index (χ0) is 77.8. The van der Waals surface area contributed by atoms with Crippen molar-refractivity contribution in [2.24, 2.45) is 21.1 Å². The molecule has 30 heteroatoms. The molecule has 30 nitrogen and oxygen atoms in total. The summed E-state index contributed by atoms with van der Waals surface area (Å²) in [6.07, 6.45) is 48.6. The number of carbonyl (C=O) groups excluding carboxylic acids is 3. The smallest absolute Gasteiger partial charge is 0.315 e. The molecule has 0 aromatic carbocycles. The van der Waals surface area contributed by atoms with Crippen LogP contribution in [0.25, 0.3) is 83.3 Å². The number of nitriles is 3. The van der Waals surface area contributed by atoms with Gasteiger partial charge in [-0.15, -0.1) is 19.3 Å². The number of hydrogen-bond acceptors (Lipinski definition) is 18. The lowest BCUT2D eigenvalue weighted by Gasteiger charge is -2.42. The summed E-state index contributed by atoms with van der Waals surface area (Å²) in [7, 11) is 5.63. The van der Waals surface area contributed by atoms with Crippen LogP contribution in [0.15, 0.2) is 148 Å². The summed E-state index contributed by atoms with van der Waals surface area (Å²) in [6.45, 7) is 9.43. The van der Waals surface area contributed by atoms with Gasteiger partial charge in [0, 0.05) is 200 Å². The van der Waals surface area contributed by atoms with E-state index in [1.165, 1.54) is 0 Å². The maximum Gasteiger partial charge on any atom is 0.315 e. The van der Waals surface area contributed by atoms with Crippen molar-refractivity contribution >= 4 is 52.1 Å². The first kappa shape index (κ1) is 74.8. The Kier molecular flexibility index (Phi) is 22.3. The third-order valence-corrected chi connectivity index (χ3v) is 20.4. The first-order valence-electron chi connectivity index (χ1n) is 36.2. The number of pyridine rings is 6. The lowest BCUT2D eigenvalue weighted by molar-refractivity contribution is 0.209. The van der Waals surface area contributed by atoms with E-state index in [0.717, 1.165) is 185 Å². The van der Waals surface area contributed by atoms with Gasteiger partial charge in [-0.3, -0.25) is 14.0 Å². The van der Waals surface area contributed by atoms with Crippen LogP contribution in [0.5, 0.6) is 0 Å². The van der Waals surface area contributed by atoms with Gasteiger partial charge in [0.05, 0.1) is 90.1 Å². The molecule has 3 aliphatic heterocycles. The Balaban J connectivity index is 0.000000146. The van der Waals surface area contributed by atoms with Crippen molar-refractivity contribution in [2.75, 3.05) is 73.6 Å². The highest BCUT2D eigenvalue weighted by Gasteiger charge is 2.36. The molecule has 0 bridgehead atoms. The monoisotopic (exact) mass is 1480 g/mol. The third-order valence-electron chi connectivity index (χ3n) is 20.4. The fraction of sp³-hybridized carbons (Fsp3) is 0.296. The molecule has 15 rings (SSSR count). The van der Waals surface area contributed by atoms with Gasteiger partial charge in [-0.25, -0.2) is 42.9 Å². The van der Waals surface area contributed by atoms with Gasteiger partial charge >= 0.3 is 18.1 Å². The highest BCUT2D eigenvalue weighted by atomic mass is 16.2. The molecular weight excluding hydrogens is 1400 g/mol. The number of urea groups is 3. The molecule has 0 radical (unpaired) electrons. The Morgan fingerprint density at radius 1 is 0.441 bits per heavy atom. The quantitative estimate of drug-likeness (QED) is 0.0492. The SMILES string of the molecule is C#CCNC(=O)NC1(C)CCN(c2ccc(-c3cc(-c4cnn(C)c4)cn4ncc(C#N)c34)cn2)CC1.C#CCNC(=O)NC1(CC)CCN(c2ccc(-c3cc(-c4cnn(C)c4)cn4ncc(C#N)c34)cn2)CC1.C#CCNC(=O)NC1CCN(c2ccc(-c3cc(-c4cnn(C)c4)cn4ncc(C#N)c34)cn2)CC1. The van der Waals surface area contributed by atoms with E-state index in [2.05, 4.69) is 139 Å². The summed E-state index contributed by atoms with van der Waals surface area (Å²) in [5, 5.41) is 72.2. The van der Waals surface area contributed by atoms with Crippen molar-refractivity contribution in [1.29, 1.82) is 15.8 Å². The summed E-state index contributed by atoms with van der Waals surface area (Å²) in [6, 6.07) is 24.4. The van der Waals surface area contributed by atoms with Crippen molar-refractivity contribution in [1.82, 2.24) is 105 Å². The molecule has 0 unspecified atom stereocenters. The number of nitrogens with one attached hydrogen (secondary N) is 6. The summed E-state index contributed by atoms with van der Waals surface area (Å²) in [5.74, 6) is 9.85. The first-order chi connectivity index (χ1) is 53.9. The van der Waals surface area contributed by atoms with Crippen LogP contribution in [0, 0.1) is 71.0 Å². The van der Waals surface area contributed by atoms with Gasteiger partial charge in [0.15, 0.2) is 0 Å². The molecule has 12 aromatic rings. The Bertz CT molecular complexity index is 5650. The lowest BCUT2D eigenvalue weighted by Crippen LogP contribution is -2.57. The molecule has 0 saturated carbocycles. The van der Waals surface area contributed by atoms with E-state index in [9.17, 15) is 30.2 Å². The van der Waals surface area contributed by atoms with Gasteiger partial charge in [0.25, 0.3) is 0 Å². The minimum Gasteiger partial charge on any atom is -0.356 e. The van der Waals surface area contributed by atoms with Crippen molar-refractivity contribution in [3.63, 3.8) is 0 Å². The van der Waals surface area contributed by atoms with Crippen LogP contribution in [0.3, 0.4) is 0 Å². The van der Waals surface area contributed by atoms with Crippen LogP contribution in [0.4, 0.5) is 31.8 Å². The molecule has 0 spiro atoms. The standard InChI is InChI=1S/C28H29N9O.C27H27N9O.C26H25N9O/c1-4-10-30-27(38)34-28(5-2)8-11-36(12-9-28)25-7-6-20(15-31-25)24-13-21(23-17-32-35(3)18-23)19-37-26(24)22(14-29)16-33-37;1-4-9-29-26(37)33-27(2)7-10-35(11-8-27)24-6-5-19(14-30-24)23-12-20(22-16-31-34(3)17-22)18-36-25(23)21(13-28)15-32-36;1-3-8-28-26(36)32-22-6-9-34(10-7-22)24-5-4-18(13-29-24)23-11-19(21-15-30-33(2)16-21)17-35-25(23)20(12-27)14-31-35/h1,6-7,13,15-19H,5,8-12H2,2-3H3,(H2,30,34,38);1,5-6,12,14-18H,7-11H2,2-3H3,(H2,29,33,37);1,4-5,11,13-17,22H,6-10H2,2H3,(H2,28,32,36). The van der Waals surface area contributed by atoms with Gasteiger partial charge in [0.1, 0.15) is 35.7 Å². The predicted octanol–water partition coefficient (Wildman–Crippen LogP) is 8.88. The number of terminal acetylenes is 3. The second-order valence-electron chi connectivity index (χ2n) is 27.7. The Morgan fingerprint density at radius 2 is 0.793 bits per heavy atom. The topological polar surface area (TPSA) is 349 Å². The molecular formula is C81H81N27O3. The molecule has 0 atom stereocenters. The minimum absolute atomic E-state index is 0.105. The van der Waals surface area contributed by atoms with E-state index in [-0.39, 0.29) is 54.8 Å². The number of amides is 6. The molecule has 6 N–H and O–H groups in total. The average molecular weight is 1480 g/mol. The highest BCUT2D eigenvalue weighted by molar-refractivity contribution is 5.90. The summed E-state index contributed by atoms with van der Waals surface area (Å²) in [4.78, 5) is 57.1. The van der Waals surface area contributed by atoms with E-state index in [0.29, 0.717) is 16.7 Å². The molecule has 558 valence electrons. The number of carbonyl (C=O) groups is 3. The number of piperidine rings is 3. The largest absolute Gasteiger partial charge is 0.356 e. The maximum atomic E-state index is 12.2. The molecule has 111 heavy (non-hydrogen) atoms. The Morgan fingerprint density at radius 3 is 1.12 bits per heavy atom. The second kappa shape index (κ2) is 33.1. The third kappa shape index (κ3) is 16.9. The highest BCUT2D eigenvalue weighted by Crippen LogP contribution is 2.38. The minimum atomic E-state index is -0.302. The van der Waals surface area contributed by atoms with Crippen molar-refractivity contribution < 1.29 is 14.4 Å². The van der Waals surface area contributed by atoms with E-state index in [1.54, 1.807) is 64.8 Å². The average Bonchev–Trinajstić information content (AvgIpc) is 1.68. The normalized spacial score (nSPS) is 14.4. The van der Waals surface area contributed by atoms with Gasteiger partial charge in [0.2, 0.25) is 0 Å². The van der Waals surface area contributed by atoms with Gasteiger partial charge in [-0.1, -0.05) is 24.7 Å². The van der Waals surface area contributed by atoms with E-state index in [1.807, 2.05) is 119 Å². The van der Waals surface area contributed by atoms with Gasteiger partial charge in [-0.05, 0) is 106 Å². The summed E-state index contributed by atoms with van der Waals surface area (Å²) >= 11 is 0. The van der Waals surface area contributed by atoms with E-state index >= 15 is 0 Å². The molecule has 12 aromatic heterocycles. The first-order valence-corrected chi connectivity index (χ1v) is 36.2. The zero-order valence-corrected chi connectivity index (χ0v) is 62.1. The lowest BCUT2D eigenvalue weighted by atomic mass is 9.85. The van der Waals surface area contributed by atoms with Crippen LogP contribution in [0.1, 0.15) is 75.5 Å². The molecule has 3 aliphatic rings. The number of hydrogen-bond donors (Lipinski definition) is 6. The predicted molar refractivity (Wildman–Crippen MR) is 422 cm³/mol. The molecule has 3 fully saturated rings. The van der Waals surface area contributed by atoms with E-state index in [4.69, 9.17) is 34.2 Å². The number of anilines is 3. The van der Waals surface area contributed by atoms with Crippen LogP contribution in [0.2, 0.25) is 0 Å². The molecule has 15 heterocycles. The second-order valence-corrected chi connectivity index (χ2v) is 27.7. The number of aromatic nitrogens is 15. The summed E-state index contributed by atoms with van der Waals surface area (Å²) < 4.78 is 10.5. The Hall–Kier alpha value is -14.5. The van der Waals surface area contributed by atoms with Gasteiger partial charge in [-0.2, -0.15) is 46.4 Å². The maximum absolute atomic E-state index is 12.2. The van der Waals surface area contributed by atoms with Crippen LogP contribution in [-0.4, -0.2) is 167 Å². The zero-order valence-electron chi connectivity index (χ0n) is 62.1. The number of nitrogens with zero attached hydrogens (tertiary/aromatic N) is 21. The van der Waals surface area contributed by atoms with Crippen LogP contribution in [-0.2, 0) is 21.1 Å². The number of fused-ring (bicyclic) bond motifs is 3. The fourth-order valence-corrected chi connectivity index (χ4v) is 14.2. The van der Waals surface area contributed by atoms with Crippen LogP contribution >= 0.6 is 0 Å². The van der Waals surface area contributed by atoms with Crippen molar-refractivity contribution in [3.8, 4) is 122 Å². The molecule has 0 aliphatic carbocycles. The summed E-state index contributed by atoms with van der Waals surface area (Å²) in [5.41, 5.74) is 14.2. The van der Waals surface area contributed by atoms with Gasteiger partial charge < -0.3 is 46.6 Å². The fourth-order valence-electron chi connectivity index (χ4n) is 14.2. The Labute approximate surface area is 641 Å². The van der Waals surface area contributed by atoms with E-state index < -0.39 is 0 Å². The number of aryl methyl sites for hydroxylation is 3. The van der Waals surface area contributed by atoms with Crippen molar-refractivity contribution in [2.45, 2.75) is 75.9 Å². The molecule has 6 amide bonds. The number of rotatable bonds is 16. The molecule has 3 saturated heterocycles. The van der Waals surface area contributed by atoms with Crippen LogP contribution < -0.4 is 46.6 Å².